The summed E-state index contributed by atoms with van der Waals surface area (Å²) in [6.07, 6.45) is 1.47. The molecule has 6 heteroatoms. The highest BCUT2D eigenvalue weighted by molar-refractivity contribution is 5.92. The third-order valence-electron chi connectivity index (χ3n) is 4.35. The van der Waals surface area contributed by atoms with E-state index in [9.17, 15) is 9.59 Å². The van der Waals surface area contributed by atoms with Crippen LogP contribution in [0.4, 0.5) is 15.3 Å². The van der Waals surface area contributed by atoms with Crippen molar-refractivity contribution in [1.82, 2.24) is 9.80 Å². The quantitative estimate of drug-likeness (QED) is 0.857. The number of hydrogen-bond donors (Lipinski definition) is 1. The van der Waals surface area contributed by atoms with Gasteiger partial charge in [-0.1, -0.05) is 18.2 Å². The van der Waals surface area contributed by atoms with Crippen LogP contribution in [0.25, 0.3) is 0 Å². The molecule has 2 aliphatic heterocycles. The number of carbonyl (C=O) groups is 2. The Bertz CT molecular complexity index is 639. The molecular formula is C18H25N3O3. The molecule has 24 heavy (non-hydrogen) atoms. The van der Waals surface area contributed by atoms with E-state index in [0.29, 0.717) is 19.6 Å². The second kappa shape index (κ2) is 6.34. The average Bonchev–Trinajstić information content (AvgIpc) is 2.53. The van der Waals surface area contributed by atoms with Crippen LogP contribution in [0.5, 0.6) is 0 Å². The van der Waals surface area contributed by atoms with Crippen LogP contribution >= 0.6 is 0 Å². The van der Waals surface area contributed by atoms with Crippen LogP contribution in [-0.2, 0) is 11.3 Å². The fourth-order valence-electron chi connectivity index (χ4n) is 3.22. The Morgan fingerprint density at radius 1 is 1.29 bits per heavy atom. The number of fused-ring (bicyclic) bond motifs is 1. The third-order valence-corrected chi connectivity index (χ3v) is 4.35. The fourth-order valence-corrected chi connectivity index (χ4v) is 3.22. The summed E-state index contributed by atoms with van der Waals surface area (Å²) in [6, 6.07) is 7.75. The van der Waals surface area contributed by atoms with Crippen molar-refractivity contribution in [1.29, 1.82) is 0 Å². The summed E-state index contributed by atoms with van der Waals surface area (Å²) in [5, 5.41) is 2.94. The molecule has 0 spiro atoms. The summed E-state index contributed by atoms with van der Waals surface area (Å²) in [7, 11) is 0. The molecule has 0 bridgehead atoms. The summed E-state index contributed by atoms with van der Waals surface area (Å²) < 4.78 is 5.46. The van der Waals surface area contributed by atoms with Crippen LogP contribution in [-0.4, -0.2) is 46.7 Å². The fraction of sp³-hybridized carbons (Fsp3) is 0.556. The molecule has 1 fully saturated rings. The number of hydrogen-bond acceptors (Lipinski definition) is 3. The molecule has 0 unspecified atom stereocenters. The number of nitrogens with one attached hydrogen (secondary N) is 1. The van der Waals surface area contributed by atoms with Gasteiger partial charge in [0.1, 0.15) is 5.60 Å². The molecule has 1 atom stereocenters. The van der Waals surface area contributed by atoms with E-state index in [1.807, 2.05) is 49.9 Å². The Balaban J connectivity index is 1.69. The van der Waals surface area contributed by atoms with Crippen molar-refractivity contribution < 1.29 is 14.3 Å². The summed E-state index contributed by atoms with van der Waals surface area (Å²) in [6.45, 7) is 7.36. The molecule has 1 aromatic carbocycles. The van der Waals surface area contributed by atoms with Crippen LogP contribution in [0.2, 0.25) is 0 Å². The van der Waals surface area contributed by atoms with E-state index >= 15 is 0 Å². The van der Waals surface area contributed by atoms with Gasteiger partial charge in [-0.25, -0.2) is 9.59 Å². The Morgan fingerprint density at radius 2 is 2.04 bits per heavy atom. The molecule has 1 saturated heterocycles. The molecule has 130 valence electrons. The number of likely N-dealkylation sites (tertiary alicyclic amines) is 1. The molecule has 0 saturated carbocycles. The molecule has 3 rings (SSSR count). The summed E-state index contributed by atoms with van der Waals surface area (Å²) in [5.41, 5.74) is 1.47. The monoisotopic (exact) mass is 331 g/mol. The van der Waals surface area contributed by atoms with E-state index < -0.39 is 5.60 Å². The zero-order valence-electron chi connectivity index (χ0n) is 14.5. The number of benzene rings is 1. The van der Waals surface area contributed by atoms with Gasteiger partial charge in [0.2, 0.25) is 0 Å². The summed E-state index contributed by atoms with van der Waals surface area (Å²) in [4.78, 5) is 28.3. The maximum absolute atomic E-state index is 12.4. The van der Waals surface area contributed by atoms with Crippen molar-refractivity contribution in [3.05, 3.63) is 29.8 Å². The van der Waals surface area contributed by atoms with E-state index in [1.165, 1.54) is 0 Å². The van der Waals surface area contributed by atoms with Gasteiger partial charge in [0.05, 0.1) is 6.04 Å². The van der Waals surface area contributed by atoms with Crippen LogP contribution in [0.3, 0.4) is 0 Å². The van der Waals surface area contributed by atoms with Gasteiger partial charge in [-0.3, -0.25) is 0 Å². The van der Waals surface area contributed by atoms with Crippen LogP contribution < -0.4 is 5.32 Å². The van der Waals surface area contributed by atoms with Gasteiger partial charge in [0, 0.05) is 25.3 Å². The minimum atomic E-state index is -0.508. The van der Waals surface area contributed by atoms with Crippen molar-refractivity contribution in [2.45, 2.75) is 51.8 Å². The number of para-hydroxylation sites is 1. The molecule has 2 aliphatic rings. The van der Waals surface area contributed by atoms with Crippen molar-refractivity contribution in [3.8, 4) is 0 Å². The molecule has 2 heterocycles. The third kappa shape index (κ3) is 3.63. The Labute approximate surface area is 142 Å². The highest BCUT2D eigenvalue weighted by Gasteiger charge is 2.34. The lowest BCUT2D eigenvalue weighted by molar-refractivity contribution is 0.0131. The lowest BCUT2D eigenvalue weighted by Crippen LogP contribution is -2.54. The second-order valence-corrected chi connectivity index (χ2v) is 7.44. The Kier molecular flexibility index (Phi) is 4.39. The van der Waals surface area contributed by atoms with Gasteiger partial charge in [-0.2, -0.15) is 0 Å². The first-order chi connectivity index (χ1) is 11.3. The maximum Gasteiger partial charge on any atom is 0.410 e. The van der Waals surface area contributed by atoms with Crippen molar-refractivity contribution >= 4 is 17.8 Å². The Morgan fingerprint density at radius 3 is 2.79 bits per heavy atom. The van der Waals surface area contributed by atoms with Crippen molar-refractivity contribution in [3.63, 3.8) is 0 Å². The molecule has 0 aromatic heterocycles. The Hall–Kier alpha value is -2.24. The molecule has 6 nitrogen and oxygen atoms in total. The van der Waals surface area contributed by atoms with Gasteiger partial charge in [-0.05, 0) is 45.2 Å². The summed E-state index contributed by atoms with van der Waals surface area (Å²) >= 11 is 0. The maximum atomic E-state index is 12.4. The first-order valence-corrected chi connectivity index (χ1v) is 8.47. The molecule has 1 N–H and O–H groups in total. The number of piperidine rings is 1. The van der Waals surface area contributed by atoms with Crippen LogP contribution in [0.1, 0.15) is 39.2 Å². The van der Waals surface area contributed by atoms with Gasteiger partial charge in [0.15, 0.2) is 0 Å². The first-order valence-electron chi connectivity index (χ1n) is 8.47. The summed E-state index contributed by atoms with van der Waals surface area (Å²) in [5.74, 6) is 0. The van der Waals surface area contributed by atoms with Gasteiger partial charge in [-0.15, -0.1) is 0 Å². The number of carbonyl (C=O) groups excluding carboxylic acids is 2. The molecule has 3 amide bonds. The number of urea groups is 1. The number of ether oxygens (including phenoxy) is 1. The van der Waals surface area contributed by atoms with Crippen LogP contribution in [0, 0.1) is 0 Å². The average molecular weight is 331 g/mol. The van der Waals surface area contributed by atoms with E-state index in [0.717, 1.165) is 24.1 Å². The molecule has 0 aliphatic carbocycles. The lowest BCUT2D eigenvalue weighted by Gasteiger charge is -2.41. The number of anilines is 1. The SMILES string of the molecule is CC(C)(C)OC(=O)N1CCC[C@@H](N2Cc3ccccc3NC2=O)C1. The van der Waals surface area contributed by atoms with Crippen molar-refractivity contribution in [2.75, 3.05) is 18.4 Å². The highest BCUT2D eigenvalue weighted by Crippen LogP contribution is 2.27. The smallest absolute Gasteiger partial charge is 0.410 e. The molecule has 1 aromatic rings. The second-order valence-electron chi connectivity index (χ2n) is 7.44. The normalized spacial score (nSPS) is 21.1. The van der Waals surface area contributed by atoms with Crippen LogP contribution in [0.15, 0.2) is 24.3 Å². The zero-order valence-corrected chi connectivity index (χ0v) is 14.5. The van der Waals surface area contributed by atoms with E-state index in [2.05, 4.69) is 5.32 Å². The highest BCUT2D eigenvalue weighted by atomic mass is 16.6. The minimum Gasteiger partial charge on any atom is -0.444 e. The molecular weight excluding hydrogens is 306 g/mol. The number of amides is 3. The van der Waals surface area contributed by atoms with Gasteiger partial charge >= 0.3 is 12.1 Å². The zero-order chi connectivity index (χ0) is 17.3. The molecule has 0 radical (unpaired) electrons. The van der Waals surface area contributed by atoms with Gasteiger partial charge in [0.25, 0.3) is 0 Å². The van der Waals surface area contributed by atoms with Gasteiger partial charge < -0.3 is 19.9 Å². The number of nitrogens with zero attached hydrogens (tertiary/aromatic N) is 2. The minimum absolute atomic E-state index is 0.0135. The first kappa shape index (κ1) is 16.6. The predicted octanol–water partition coefficient (Wildman–Crippen LogP) is 3.43. The van der Waals surface area contributed by atoms with E-state index in [1.54, 1.807) is 4.90 Å². The predicted molar refractivity (Wildman–Crippen MR) is 91.8 cm³/mol. The topological polar surface area (TPSA) is 61.9 Å². The van der Waals surface area contributed by atoms with Crippen molar-refractivity contribution in [2.24, 2.45) is 0 Å². The van der Waals surface area contributed by atoms with E-state index in [4.69, 9.17) is 4.74 Å². The number of rotatable bonds is 1. The lowest BCUT2D eigenvalue weighted by atomic mass is 10.0. The van der Waals surface area contributed by atoms with E-state index in [-0.39, 0.29) is 18.2 Å². The standard InChI is InChI=1S/C18H25N3O3/c1-18(2,3)24-17(23)20-10-6-8-14(12-20)21-11-13-7-4-5-9-15(13)19-16(21)22/h4-5,7,9,14H,6,8,10-12H2,1-3H3,(H,19,22)/t14-/m1/s1. The largest absolute Gasteiger partial charge is 0.444 e.